The van der Waals surface area contributed by atoms with Gasteiger partial charge in [-0.05, 0) is 32.8 Å². The lowest BCUT2D eigenvalue weighted by atomic mass is 9.86. The highest BCUT2D eigenvalue weighted by Gasteiger charge is 2.25. The first-order valence-corrected chi connectivity index (χ1v) is 8.61. The maximum atomic E-state index is 11.2. The molecular weight excluding hydrogens is 304 g/mol. The Morgan fingerprint density at radius 2 is 1.96 bits per heavy atom. The van der Waals surface area contributed by atoms with Gasteiger partial charge in [0.1, 0.15) is 5.52 Å². The van der Waals surface area contributed by atoms with Gasteiger partial charge in [-0.15, -0.1) is 0 Å². The number of fused-ring (bicyclic) bond motifs is 1. The Labute approximate surface area is 141 Å². The van der Waals surface area contributed by atoms with Gasteiger partial charge in [0.05, 0.1) is 11.3 Å². The van der Waals surface area contributed by atoms with Crippen LogP contribution in [0.25, 0.3) is 11.2 Å². The molecule has 1 aliphatic rings. The first-order chi connectivity index (χ1) is 11.5. The number of aromatic carboxylic acids is 1. The minimum Gasteiger partial charge on any atom is -0.478 e. The second-order valence-corrected chi connectivity index (χ2v) is 6.84. The first-order valence-electron chi connectivity index (χ1n) is 8.61. The van der Waals surface area contributed by atoms with Gasteiger partial charge in [0, 0.05) is 25.2 Å². The number of hydrogen-bond donors (Lipinski definition) is 1. The van der Waals surface area contributed by atoms with Crippen molar-refractivity contribution < 1.29 is 9.90 Å². The van der Waals surface area contributed by atoms with Crippen molar-refractivity contribution in [2.45, 2.75) is 57.9 Å². The quantitative estimate of drug-likeness (QED) is 0.923. The van der Waals surface area contributed by atoms with E-state index in [2.05, 4.69) is 23.7 Å². The number of pyridine rings is 1. The van der Waals surface area contributed by atoms with E-state index >= 15 is 0 Å². The average molecular weight is 328 g/mol. The van der Waals surface area contributed by atoms with Gasteiger partial charge in [0.25, 0.3) is 0 Å². The zero-order valence-electron chi connectivity index (χ0n) is 14.5. The summed E-state index contributed by atoms with van der Waals surface area (Å²) in [5.74, 6) is 0.267. The molecule has 1 fully saturated rings. The third kappa shape index (κ3) is 3.18. The summed E-state index contributed by atoms with van der Waals surface area (Å²) in [6.45, 7) is 4.23. The molecule has 6 nitrogen and oxygen atoms in total. The third-order valence-electron chi connectivity index (χ3n) is 4.88. The number of nitrogens with zero attached hydrogens (tertiary/aromatic N) is 4. The van der Waals surface area contributed by atoms with Crippen LogP contribution in [0.15, 0.2) is 12.3 Å². The van der Waals surface area contributed by atoms with Crippen LogP contribution in [0.5, 0.6) is 0 Å². The summed E-state index contributed by atoms with van der Waals surface area (Å²) in [6, 6.07) is 1.84. The van der Waals surface area contributed by atoms with Crippen LogP contribution in [0.1, 0.15) is 67.9 Å². The van der Waals surface area contributed by atoms with Crippen LogP contribution in [0, 0.1) is 0 Å². The molecule has 0 bridgehead atoms. The van der Waals surface area contributed by atoms with Gasteiger partial charge >= 0.3 is 5.97 Å². The highest BCUT2D eigenvalue weighted by Crippen LogP contribution is 2.36. The molecule has 0 saturated heterocycles. The molecule has 0 aliphatic heterocycles. The third-order valence-corrected chi connectivity index (χ3v) is 4.88. The number of carboxylic acid groups (broad SMARTS) is 1. The second-order valence-electron chi connectivity index (χ2n) is 6.84. The summed E-state index contributed by atoms with van der Waals surface area (Å²) in [7, 11) is 2.02. The van der Waals surface area contributed by atoms with Gasteiger partial charge in [-0.3, -0.25) is 0 Å². The van der Waals surface area contributed by atoms with E-state index in [4.69, 9.17) is 9.97 Å². The summed E-state index contributed by atoms with van der Waals surface area (Å²) in [4.78, 5) is 27.1. The van der Waals surface area contributed by atoms with Gasteiger partial charge < -0.3 is 10.0 Å². The summed E-state index contributed by atoms with van der Waals surface area (Å²) in [5.41, 5.74) is 2.22. The van der Waals surface area contributed by atoms with Crippen LogP contribution in [0.4, 0.5) is 5.82 Å². The maximum absolute atomic E-state index is 11.2. The van der Waals surface area contributed by atoms with Gasteiger partial charge in [-0.25, -0.2) is 19.7 Å². The monoisotopic (exact) mass is 328 g/mol. The topological polar surface area (TPSA) is 79.2 Å². The molecule has 0 unspecified atom stereocenters. The lowest BCUT2D eigenvalue weighted by Crippen LogP contribution is -2.29. The van der Waals surface area contributed by atoms with E-state index in [0.29, 0.717) is 17.1 Å². The number of carbonyl (C=O) groups is 1. The largest absolute Gasteiger partial charge is 0.478 e. The molecule has 1 aliphatic carbocycles. The zero-order valence-corrected chi connectivity index (χ0v) is 14.5. The molecule has 24 heavy (non-hydrogen) atoms. The SMILES string of the molecule is CC(C)N(C)c1nc2cc(C(=O)O)cnc2nc1C1CCCCC1. The Balaban J connectivity index is 2.14. The van der Waals surface area contributed by atoms with Crippen molar-refractivity contribution in [3.05, 3.63) is 23.5 Å². The van der Waals surface area contributed by atoms with Gasteiger partial charge in [-0.1, -0.05) is 19.3 Å². The fraction of sp³-hybridized carbons (Fsp3) is 0.556. The Hall–Kier alpha value is -2.24. The second kappa shape index (κ2) is 6.71. The predicted octanol–water partition coefficient (Wildman–Crippen LogP) is 3.62. The molecule has 0 spiro atoms. The van der Waals surface area contributed by atoms with Crippen LogP contribution in [0.2, 0.25) is 0 Å². The highest BCUT2D eigenvalue weighted by molar-refractivity contribution is 5.90. The van der Waals surface area contributed by atoms with E-state index in [1.165, 1.54) is 25.5 Å². The van der Waals surface area contributed by atoms with Gasteiger partial charge in [0.2, 0.25) is 0 Å². The first kappa shape index (κ1) is 16.6. The molecule has 1 saturated carbocycles. The lowest BCUT2D eigenvalue weighted by molar-refractivity contribution is 0.0696. The molecule has 128 valence electrons. The number of hydrogen-bond acceptors (Lipinski definition) is 5. The van der Waals surface area contributed by atoms with Crippen molar-refractivity contribution in [2.24, 2.45) is 0 Å². The number of anilines is 1. The van der Waals surface area contributed by atoms with E-state index < -0.39 is 5.97 Å². The minimum atomic E-state index is -0.999. The molecule has 3 rings (SSSR count). The molecular formula is C18H24N4O2. The predicted molar refractivity (Wildman–Crippen MR) is 93.7 cm³/mol. The Kier molecular flexibility index (Phi) is 4.64. The van der Waals surface area contributed by atoms with Crippen LogP contribution in [-0.4, -0.2) is 39.1 Å². The van der Waals surface area contributed by atoms with E-state index in [-0.39, 0.29) is 11.6 Å². The average Bonchev–Trinajstić information content (AvgIpc) is 2.60. The highest BCUT2D eigenvalue weighted by atomic mass is 16.4. The molecule has 6 heteroatoms. The smallest absolute Gasteiger partial charge is 0.337 e. The van der Waals surface area contributed by atoms with Crippen LogP contribution in [-0.2, 0) is 0 Å². The van der Waals surface area contributed by atoms with Crippen molar-refractivity contribution in [3.8, 4) is 0 Å². The van der Waals surface area contributed by atoms with E-state index in [9.17, 15) is 9.90 Å². The molecule has 2 aromatic heterocycles. The van der Waals surface area contributed by atoms with Gasteiger partial charge in [0.15, 0.2) is 11.5 Å². The molecule has 0 radical (unpaired) electrons. The Bertz CT molecular complexity index is 754. The molecule has 2 aromatic rings. The molecule has 0 aromatic carbocycles. The Morgan fingerprint density at radius 1 is 1.25 bits per heavy atom. The van der Waals surface area contributed by atoms with Gasteiger partial charge in [-0.2, -0.15) is 0 Å². The van der Waals surface area contributed by atoms with Crippen molar-refractivity contribution >= 4 is 23.0 Å². The maximum Gasteiger partial charge on any atom is 0.337 e. The minimum absolute atomic E-state index is 0.139. The van der Waals surface area contributed by atoms with Crippen molar-refractivity contribution in [2.75, 3.05) is 11.9 Å². The van der Waals surface area contributed by atoms with Crippen LogP contribution >= 0.6 is 0 Å². The molecule has 1 N–H and O–H groups in total. The number of rotatable bonds is 4. The molecule has 0 amide bonds. The number of aromatic nitrogens is 3. The zero-order chi connectivity index (χ0) is 17.3. The molecule has 2 heterocycles. The van der Waals surface area contributed by atoms with E-state index in [1.807, 2.05) is 7.05 Å². The standard InChI is InChI=1S/C18H24N4O2/c1-11(2)22(3)17-15(12-7-5-4-6-8-12)21-16-14(20-17)9-13(10-19-16)18(23)24/h9-12H,4-8H2,1-3H3,(H,23,24). The van der Waals surface area contributed by atoms with Crippen molar-refractivity contribution in [1.82, 2.24) is 15.0 Å². The lowest BCUT2D eigenvalue weighted by Gasteiger charge is -2.29. The van der Waals surface area contributed by atoms with E-state index in [0.717, 1.165) is 24.4 Å². The fourth-order valence-electron chi connectivity index (χ4n) is 3.22. The molecule has 0 atom stereocenters. The summed E-state index contributed by atoms with van der Waals surface area (Å²) in [6.07, 6.45) is 7.35. The normalized spacial score (nSPS) is 15.8. The van der Waals surface area contributed by atoms with Crippen LogP contribution < -0.4 is 4.90 Å². The van der Waals surface area contributed by atoms with Crippen molar-refractivity contribution in [3.63, 3.8) is 0 Å². The van der Waals surface area contributed by atoms with Crippen LogP contribution in [0.3, 0.4) is 0 Å². The fourth-order valence-corrected chi connectivity index (χ4v) is 3.22. The van der Waals surface area contributed by atoms with E-state index in [1.54, 1.807) is 6.07 Å². The van der Waals surface area contributed by atoms with Crippen molar-refractivity contribution in [1.29, 1.82) is 0 Å². The summed E-state index contributed by atoms with van der Waals surface area (Å²) < 4.78 is 0. The summed E-state index contributed by atoms with van der Waals surface area (Å²) >= 11 is 0. The number of carboxylic acids is 1. The Morgan fingerprint density at radius 3 is 2.58 bits per heavy atom. The summed E-state index contributed by atoms with van der Waals surface area (Å²) in [5, 5.41) is 9.17.